The van der Waals surface area contributed by atoms with Crippen LogP contribution in [0, 0.1) is 0 Å². The van der Waals surface area contributed by atoms with E-state index in [0.717, 1.165) is 17.7 Å². The van der Waals surface area contributed by atoms with Gasteiger partial charge in [-0.2, -0.15) is 0 Å². The molecule has 0 bridgehead atoms. The summed E-state index contributed by atoms with van der Waals surface area (Å²) in [6.07, 6.45) is 1.41. The van der Waals surface area contributed by atoms with Crippen LogP contribution in [-0.4, -0.2) is 38.5 Å². The van der Waals surface area contributed by atoms with E-state index in [4.69, 9.17) is 9.47 Å². The number of benzene rings is 2. The van der Waals surface area contributed by atoms with Crippen molar-refractivity contribution in [3.8, 4) is 5.75 Å². The van der Waals surface area contributed by atoms with Crippen LogP contribution in [0.15, 0.2) is 48.5 Å². The first-order chi connectivity index (χ1) is 14.0. The van der Waals surface area contributed by atoms with E-state index in [9.17, 15) is 14.4 Å². The van der Waals surface area contributed by atoms with Crippen LogP contribution >= 0.6 is 0 Å². The summed E-state index contributed by atoms with van der Waals surface area (Å²) in [5, 5.41) is 2.89. The molecule has 152 valence electrons. The molecule has 7 heteroatoms. The van der Waals surface area contributed by atoms with E-state index in [-0.39, 0.29) is 18.2 Å². The number of ether oxygens (including phenoxy) is 2. The minimum absolute atomic E-state index is 0.00886. The Balaban J connectivity index is 1.74. The lowest BCUT2D eigenvalue weighted by Crippen LogP contribution is -2.30. The molecule has 3 rings (SSSR count). The molecule has 1 N–H and O–H groups in total. The molecule has 1 aliphatic heterocycles. The molecular weight excluding hydrogens is 372 g/mol. The Morgan fingerprint density at radius 1 is 1.07 bits per heavy atom. The van der Waals surface area contributed by atoms with Crippen LogP contribution in [0.5, 0.6) is 5.75 Å². The summed E-state index contributed by atoms with van der Waals surface area (Å²) >= 11 is 0. The molecule has 1 saturated heterocycles. The molecule has 0 aliphatic carbocycles. The number of nitrogens with zero attached hydrogens (tertiary/aromatic N) is 1. The van der Waals surface area contributed by atoms with Gasteiger partial charge in [-0.15, -0.1) is 0 Å². The Bertz CT molecular complexity index is 877. The van der Waals surface area contributed by atoms with E-state index in [1.807, 2.05) is 0 Å². The summed E-state index contributed by atoms with van der Waals surface area (Å²) < 4.78 is 9.92. The van der Waals surface area contributed by atoms with Crippen molar-refractivity contribution in [1.82, 2.24) is 5.32 Å². The zero-order valence-electron chi connectivity index (χ0n) is 16.5. The van der Waals surface area contributed by atoms with Gasteiger partial charge in [-0.25, -0.2) is 0 Å². The summed E-state index contributed by atoms with van der Waals surface area (Å²) in [5.74, 6) is 0.0480. The molecule has 0 unspecified atom stereocenters. The highest BCUT2D eigenvalue weighted by Gasteiger charge is 2.23. The Hall–Kier alpha value is -3.35. The summed E-state index contributed by atoms with van der Waals surface area (Å²) in [7, 11) is 2.88. The Morgan fingerprint density at radius 3 is 2.31 bits per heavy atom. The molecule has 2 amide bonds. The SMILES string of the molecule is COC(=O)C[C@@H](NC(=O)c1ccc(N2CCCC2=O)cc1)c1ccc(OC)cc1. The van der Waals surface area contributed by atoms with Crippen LogP contribution in [0.25, 0.3) is 0 Å². The minimum atomic E-state index is -0.541. The summed E-state index contributed by atoms with van der Waals surface area (Å²) in [6, 6.07) is 13.5. The molecule has 1 heterocycles. The fourth-order valence-electron chi connectivity index (χ4n) is 3.29. The highest BCUT2D eigenvalue weighted by molar-refractivity contribution is 5.97. The standard InChI is InChI=1S/C22H24N2O5/c1-28-18-11-7-15(8-12-18)19(14-21(26)29-2)23-22(27)16-5-9-17(10-6-16)24-13-3-4-20(24)25/h5-12,19H,3-4,13-14H2,1-2H3,(H,23,27)/t19-/m1/s1. The lowest BCUT2D eigenvalue weighted by Gasteiger charge is -2.19. The minimum Gasteiger partial charge on any atom is -0.497 e. The van der Waals surface area contributed by atoms with Crippen molar-refractivity contribution >= 4 is 23.5 Å². The molecule has 0 aromatic heterocycles. The van der Waals surface area contributed by atoms with Crippen molar-refractivity contribution in [2.75, 3.05) is 25.7 Å². The average molecular weight is 396 g/mol. The lowest BCUT2D eigenvalue weighted by molar-refractivity contribution is -0.141. The van der Waals surface area contributed by atoms with Crippen LogP contribution in [0.2, 0.25) is 0 Å². The van der Waals surface area contributed by atoms with Gasteiger partial charge in [0.1, 0.15) is 5.75 Å². The number of amides is 2. The molecule has 1 atom stereocenters. The normalized spacial score (nSPS) is 14.4. The van der Waals surface area contributed by atoms with E-state index in [1.165, 1.54) is 7.11 Å². The third-order valence-corrected chi connectivity index (χ3v) is 4.94. The Morgan fingerprint density at radius 2 is 1.76 bits per heavy atom. The number of hydrogen-bond acceptors (Lipinski definition) is 5. The van der Waals surface area contributed by atoms with Gasteiger partial charge < -0.3 is 19.7 Å². The van der Waals surface area contributed by atoms with E-state index >= 15 is 0 Å². The summed E-state index contributed by atoms with van der Waals surface area (Å²) in [5.41, 5.74) is 2.00. The summed E-state index contributed by atoms with van der Waals surface area (Å²) in [6.45, 7) is 0.697. The number of hydrogen-bond donors (Lipinski definition) is 1. The summed E-state index contributed by atoms with van der Waals surface area (Å²) in [4.78, 5) is 38.2. The molecule has 7 nitrogen and oxygen atoms in total. The Labute approximate surface area is 169 Å². The van der Waals surface area contributed by atoms with Gasteiger partial charge in [0, 0.05) is 24.2 Å². The number of anilines is 1. The van der Waals surface area contributed by atoms with Crippen LogP contribution < -0.4 is 15.0 Å². The average Bonchev–Trinajstić information content (AvgIpc) is 3.19. The van der Waals surface area contributed by atoms with Crippen molar-refractivity contribution in [2.24, 2.45) is 0 Å². The molecule has 2 aromatic rings. The van der Waals surface area contributed by atoms with Gasteiger partial charge in [-0.3, -0.25) is 14.4 Å². The molecule has 0 spiro atoms. The first kappa shape index (κ1) is 20.4. The van der Waals surface area contributed by atoms with E-state index < -0.39 is 12.0 Å². The first-order valence-electron chi connectivity index (χ1n) is 9.44. The molecular formula is C22H24N2O5. The third kappa shape index (κ3) is 4.93. The maximum atomic E-state index is 12.7. The number of methoxy groups -OCH3 is 2. The van der Waals surface area contributed by atoms with Crippen LogP contribution in [0.1, 0.15) is 41.2 Å². The number of rotatable bonds is 7. The van der Waals surface area contributed by atoms with Crippen molar-refractivity contribution in [1.29, 1.82) is 0 Å². The highest BCUT2D eigenvalue weighted by atomic mass is 16.5. The fraction of sp³-hybridized carbons (Fsp3) is 0.318. The predicted octanol–water partition coefficient (Wildman–Crippen LogP) is 2.86. The van der Waals surface area contributed by atoms with E-state index in [0.29, 0.717) is 24.3 Å². The fourth-order valence-corrected chi connectivity index (χ4v) is 3.29. The highest BCUT2D eigenvalue weighted by Crippen LogP contribution is 2.24. The third-order valence-electron chi connectivity index (χ3n) is 4.94. The number of nitrogens with one attached hydrogen (secondary N) is 1. The van der Waals surface area contributed by atoms with Gasteiger partial charge >= 0.3 is 5.97 Å². The lowest BCUT2D eigenvalue weighted by atomic mass is 10.0. The molecule has 1 fully saturated rings. The maximum Gasteiger partial charge on any atom is 0.307 e. The van der Waals surface area contributed by atoms with Crippen LogP contribution in [-0.2, 0) is 14.3 Å². The van der Waals surface area contributed by atoms with Gasteiger partial charge in [-0.1, -0.05) is 12.1 Å². The number of carbonyl (C=O) groups excluding carboxylic acids is 3. The van der Waals surface area contributed by atoms with Gasteiger partial charge in [0.15, 0.2) is 0 Å². The van der Waals surface area contributed by atoms with E-state index in [2.05, 4.69) is 5.32 Å². The molecule has 0 saturated carbocycles. The second kappa shape index (κ2) is 9.23. The topological polar surface area (TPSA) is 84.9 Å². The zero-order valence-corrected chi connectivity index (χ0v) is 16.5. The second-order valence-corrected chi connectivity index (χ2v) is 6.78. The number of carbonyl (C=O) groups is 3. The van der Waals surface area contributed by atoms with Crippen molar-refractivity contribution in [2.45, 2.75) is 25.3 Å². The predicted molar refractivity (Wildman–Crippen MR) is 108 cm³/mol. The van der Waals surface area contributed by atoms with E-state index in [1.54, 1.807) is 60.5 Å². The van der Waals surface area contributed by atoms with Crippen LogP contribution in [0.4, 0.5) is 5.69 Å². The van der Waals surface area contributed by atoms with Crippen molar-refractivity contribution in [3.05, 3.63) is 59.7 Å². The van der Waals surface area contributed by atoms with Gasteiger partial charge in [0.05, 0.1) is 26.7 Å². The monoisotopic (exact) mass is 396 g/mol. The molecule has 0 radical (unpaired) electrons. The quantitative estimate of drug-likeness (QED) is 0.728. The number of esters is 1. The van der Waals surface area contributed by atoms with Crippen LogP contribution in [0.3, 0.4) is 0 Å². The van der Waals surface area contributed by atoms with Gasteiger partial charge in [0.2, 0.25) is 5.91 Å². The Kier molecular flexibility index (Phi) is 6.49. The first-order valence-corrected chi connectivity index (χ1v) is 9.44. The maximum absolute atomic E-state index is 12.7. The largest absolute Gasteiger partial charge is 0.497 e. The van der Waals surface area contributed by atoms with Crippen molar-refractivity contribution in [3.63, 3.8) is 0 Å². The van der Waals surface area contributed by atoms with Crippen molar-refractivity contribution < 1.29 is 23.9 Å². The molecule has 1 aliphatic rings. The molecule has 29 heavy (non-hydrogen) atoms. The molecule has 2 aromatic carbocycles. The van der Waals surface area contributed by atoms with Gasteiger partial charge in [0.25, 0.3) is 5.91 Å². The zero-order chi connectivity index (χ0) is 20.8. The smallest absolute Gasteiger partial charge is 0.307 e. The van der Waals surface area contributed by atoms with Gasteiger partial charge in [-0.05, 0) is 48.4 Å². The second-order valence-electron chi connectivity index (χ2n) is 6.78.